The molecular formula is C14H20N4O2S. The summed E-state index contributed by atoms with van der Waals surface area (Å²) in [6.07, 6.45) is 0. The summed E-state index contributed by atoms with van der Waals surface area (Å²) < 4.78 is 29.3. The second-order valence-corrected chi connectivity index (χ2v) is 6.79. The third-order valence-electron chi connectivity index (χ3n) is 3.61. The van der Waals surface area contributed by atoms with Gasteiger partial charge in [-0.1, -0.05) is 12.1 Å². The maximum atomic E-state index is 12.5. The van der Waals surface area contributed by atoms with Crippen molar-refractivity contribution in [2.45, 2.75) is 32.2 Å². The van der Waals surface area contributed by atoms with Gasteiger partial charge in [-0.25, -0.2) is 13.1 Å². The highest BCUT2D eigenvalue weighted by molar-refractivity contribution is 7.89. The first kappa shape index (κ1) is 15.5. The molecule has 1 heterocycles. The minimum Gasteiger partial charge on any atom is -0.398 e. The Balaban J connectivity index is 2.31. The number of nitrogens with two attached hydrogens (primary N) is 1. The minimum atomic E-state index is -3.66. The molecule has 0 aliphatic heterocycles. The molecule has 0 amide bonds. The highest BCUT2D eigenvalue weighted by Crippen LogP contribution is 2.22. The highest BCUT2D eigenvalue weighted by Gasteiger charge is 2.21. The van der Waals surface area contributed by atoms with Crippen LogP contribution >= 0.6 is 0 Å². The van der Waals surface area contributed by atoms with Crippen LogP contribution in [0.15, 0.2) is 23.1 Å². The smallest absolute Gasteiger partial charge is 0.243 e. The standard InChI is InChI=1S/C14H20N4O2S/c1-9-6-5-7-13(15)14(9)21(19,20)16-8-12-10(2)17-18(4)11(12)3/h5-7,16H,8,15H2,1-4H3. The van der Waals surface area contributed by atoms with Crippen molar-refractivity contribution in [3.05, 3.63) is 40.7 Å². The zero-order chi connectivity index (χ0) is 15.8. The number of sulfonamides is 1. The van der Waals surface area contributed by atoms with Crippen LogP contribution in [0.5, 0.6) is 0 Å². The van der Waals surface area contributed by atoms with Crippen LogP contribution in [0.2, 0.25) is 0 Å². The molecule has 0 bridgehead atoms. The molecule has 0 spiro atoms. The summed E-state index contributed by atoms with van der Waals surface area (Å²) >= 11 is 0. The Morgan fingerprint density at radius 3 is 2.48 bits per heavy atom. The minimum absolute atomic E-state index is 0.143. The number of nitrogens with zero attached hydrogens (tertiary/aromatic N) is 2. The van der Waals surface area contributed by atoms with Gasteiger partial charge in [-0.2, -0.15) is 5.10 Å². The van der Waals surface area contributed by atoms with Gasteiger partial charge in [0.2, 0.25) is 10.0 Å². The van der Waals surface area contributed by atoms with E-state index >= 15 is 0 Å². The molecule has 0 saturated carbocycles. The van der Waals surface area contributed by atoms with E-state index in [4.69, 9.17) is 5.73 Å². The van der Waals surface area contributed by atoms with E-state index in [1.54, 1.807) is 29.8 Å². The summed E-state index contributed by atoms with van der Waals surface area (Å²) in [6.45, 7) is 5.69. The third kappa shape index (κ3) is 2.93. The molecule has 3 N–H and O–H groups in total. The molecule has 0 fully saturated rings. The SMILES string of the molecule is Cc1cccc(N)c1S(=O)(=O)NCc1c(C)nn(C)c1C. The summed E-state index contributed by atoms with van der Waals surface area (Å²) in [6, 6.07) is 5.05. The van der Waals surface area contributed by atoms with Gasteiger partial charge in [0, 0.05) is 24.8 Å². The lowest BCUT2D eigenvalue weighted by atomic mass is 10.2. The quantitative estimate of drug-likeness (QED) is 0.836. The average molecular weight is 308 g/mol. The van der Waals surface area contributed by atoms with Crippen LogP contribution in [0.4, 0.5) is 5.69 Å². The zero-order valence-corrected chi connectivity index (χ0v) is 13.5. The van der Waals surface area contributed by atoms with E-state index in [2.05, 4.69) is 9.82 Å². The molecule has 0 aliphatic rings. The van der Waals surface area contributed by atoms with Gasteiger partial charge in [-0.3, -0.25) is 4.68 Å². The van der Waals surface area contributed by atoms with E-state index in [0.29, 0.717) is 5.56 Å². The molecule has 1 aromatic heterocycles. The molecule has 2 rings (SSSR count). The fraction of sp³-hybridized carbons (Fsp3) is 0.357. The van der Waals surface area contributed by atoms with Gasteiger partial charge in [0.1, 0.15) is 4.90 Å². The van der Waals surface area contributed by atoms with Crippen LogP contribution in [0.3, 0.4) is 0 Å². The van der Waals surface area contributed by atoms with Gasteiger partial charge in [-0.15, -0.1) is 0 Å². The van der Waals surface area contributed by atoms with Crippen LogP contribution in [-0.4, -0.2) is 18.2 Å². The molecule has 1 aromatic carbocycles. The predicted octanol–water partition coefficient (Wildman–Crippen LogP) is 1.41. The van der Waals surface area contributed by atoms with Crippen molar-refractivity contribution in [3.8, 4) is 0 Å². The number of anilines is 1. The first-order valence-electron chi connectivity index (χ1n) is 6.58. The average Bonchev–Trinajstić information content (AvgIpc) is 2.60. The zero-order valence-electron chi connectivity index (χ0n) is 12.6. The van der Waals surface area contributed by atoms with Crippen molar-refractivity contribution in [1.29, 1.82) is 0 Å². The molecular weight excluding hydrogens is 288 g/mol. The highest BCUT2D eigenvalue weighted by atomic mass is 32.2. The Labute approximate surface area is 125 Å². The number of aromatic nitrogens is 2. The molecule has 2 aromatic rings. The second-order valence-electron chi connectivity index (χ2n) is 5.09. The molecule has 0 atom stereocenters. The third-order valence-corrected chi connectivity index (χ3v) is 5.23. The van der Waals surface area contributed by atoms with Crippen LogP contribution in [0, 0.1) is 20.8 Å². The summed E-state index contributed by atoms with van der Waals surface area (Å²) in [5.41, 5.74) is 9.32. The summed E-state index contributed by atoms with van der Waals surface area (Å²) in [5.74, 6) is 0. The number of hydrogen-bond acceptors (Lipinski definition) is 4. The van der Waals surface area contributed by atoms with E-state index in [1.807, 2.05) is 20.9 Å². The lowest BCUT2D eigenvalue weighted by Crippen LogP contribution is -2.25. The van der Waals surface area contributed by atoms with Crippen LogP contribution in [0.1, 0.15) is 22.5 Å². The topological polar surface area (TPSA) is 90.0 Å². The Kier molecular flexibility index (Phi) is 4.06. The maximum absolute atomic E-state index is 12.5. The van der Waals surface area contributed by atoms with E-state index < -0.39 is 10.0 Å². The maximum Gasteiger partial charge on any atom is 0.243 e. The van der Waals surface area contributed by atoms with Crippen molar-refractivity contribution in [1.82, 2.24) is 14.5 Å². The van der Waals surface area contributed by atoms with E-state index in [9.17, 15) is 8.42 Å². The Morgan fingerprint density at radius 2 is 1.95 bits per heavy atom. The van der Waals surface area contributed by atoms with E-state index in [-0.39, 0.29) is 17.1 Å². The predicted molar refractivity (Wildman–Crippen MR) is 82.3 cm³/mol. The largest absolute Gasteiger partial charge is 0.398 e. The molecule has 0 aliphatic carbocycles. The summed E-state index contributed by atoms with van der Waals surface area (Å²) in [5, 5.41) is 4.28. The van der Waals surface area contributed by atoms with Crippen molar-refractivity contribution in [2.24, 2.45) is 7.05 Å². The van der Waals surface area contributed by atoms with E-state index in [1.165, 1.54) is 0 Å². The number of nitrogens with one attached hydrogen (secondary N) is 1. The van der Waals surface area contributed by atoms with Crippen molar-refractivity contribution >= 4 is 15.7 Å². The van der Waals surface area contributed by atoms with Crippen molar-refractivity contribution in [3.63, 3.8) is 0 Å². The first-order chi connectivity index (χ1) is 9.74. The first-order valence-corrected chi connectivity index (χ1v) is 8.06. The number of aryl methyl sites for hydroxylation is 3. The van der Waals surface area contributed by atoms with Gasteiger partial charge in [0.25, 0.3) is 0 Å². The molecule has 0 radical (unpaired) electrons. The molecule has 21 heavy (non-hydrogen) atoms. The van der Waals surface area contributed by atoms with Crippen LogP contribution in [-0.2, 0) is 23.6 Å². The molecule has 0 unspecified atom stereocenters. The Bertz CT molecular complexity index is 758. The molecule has 7 heteroatoms. The van der Waals surface area contributed by atoms with Gasteiger partial charge in [-0.05, 0) is 32.4 Å². The Morgan fingerprint density at radius 1 is 1.29 bits per heavy atom. The lowest BCUT2D eigenvalue weighted by Gasteiger charge is -2.11. The Hall–Kier alpha value is -1.86. The van der Waals surface area contributed by atoms with Gasteiger partial charge in [0.15, 0.2) is 0 Å². The normalized spacial score (nSPS) is 11.8. The fourth-order valence-corrected chi connectivity index (χ4v) is 3.70. The molecule has 114 valence electrons. The van der Waals surface area contributed by atoms with Gasteiger partial charge in [0.05, 0.1) is 11.4 Å². The van der Waals surface area contributed by atoms with Gasteiger partial charge >= 0.3 is 0 Å². The van der Waals surface area contributed by atoms with E-state index in [0.717, 1.165) is 17.0 Å². The monoisotopic (exact) mass is 308 g/mol. The summed E-state index contributed by atoms with van der Waals surface area (Å²) in [4.78, 5) is 0.143. The van der Waals surface area contributed by atoms with Crippen LogP contribution in [0.25, 0.3) is 0 Å². The second kappa shape index (κ2) is 5.50. The van der Waals surface area contributed by atoms with Gasteiger partial charge < -0.3 is 5.73 Å². The molecule has 6 nitrogen and oxygen atoms in total. The fourth-order valence-electron chi connectivity index (χ4n) is 2.35. The number of hydrogen-bond donors (Lipinski definition) is 2. The van der Waals surface area contributed by atoms with Crippen molar-refractivity contribution < 1.29 is 8.42 Å². The number of rotatable bonds is 4. The lowest BCUT2D eigenvalue weighted by molar-refractivity contribution is 0.581. The van der Waals surface area contributed by atoms with Crippen LogP contribution < -0.4 is 10.5 Å². The summed E-state index contributed by atoms with van der Waals surface area (Å²) in [7, 11) is -1.82. The molecule has 0 saturated heterocycles. The number of nitrogen functional groups attached to an aromatic ring is 1. The number of benzene rings is 1. The van der Waals surface area contributed by atoms with Crippen molar-refractivity contribution in [2.75, 3.05) is 5.73 Å².